The smallest absolute Gasteiger partial charge is 0.248 e. The van der Waals surface area contributed by atoms with Gasteiger partial charge in [-0.15, -0.1) is 0 Å². The van der Waals surface area contributed by atoms with Crippen molar-refractivity contribution in [2.24, 2.45) is 17.3 Å². The van der Waals surface area contributed by atoms with E-state index >= 15 is 0 Å². The minimum atomic E-state index is -2.45. The minimum absolute atomic E-state index is 0.00465. The van der Waals surface area contributed by atoms with Gasteiger partial charge in [0.2, 0.25) is 5.92 Å². The van der Waals surface area contributed by atoms with E-state index in [9.17, 15) is 13.6 Å². The van der Waals surface area contributed by atoms with Crippen molar-refractivity contribution in [3.63, 3.8) is 0 Å². The van der Waals surface area contributed by atoms with Crippen molar-refractivity contribution in [3.05, 3.63) is 0 Å². The van der Waals surface area contributed by atoms with Gasteiger partial charge in [-0.1, -0.05) is 13.3 Å². The molecule has 2 aliphatic carbocycles. The summed E-state index contributed by atoms with van der Waals surface area (Å²) in [4.78, 5) is 11.2. The maximum Gasteiger partial charge on any atom is 0.248 e. The highest BCUT2D eigenvalue weighted by Gasteiger charge is 2.50. The summed E-state index contributed by atoms with van der Waals surface area (Å²) < 4.78 is 25.4. The van der Waals surface area contributed by atoms with E-state index in [0.29, 0.717) is 12.3 Å². The summed E-state index contributed by atoms with van der Waals surface area (Å²) in [5.74, 6) is -1.99. The van der Waals surface area contributed by atoms with Crippen LogP contribution in [-0.4, -0.2) is 12.2 Å². The molecule has 86 valence electrons. The third-order valence-electron chi connectivity index (χ3n) is 4.34. The van der Waals surface area contributed by atoms with Crippen LogP contribution in [-0.2, 0) is 4.79 Å². The topological polar surface area (TPSA) is 17.1 Å². The fourth-order valence-electron chi connectivity index (χ4n) is 3.26. The molecular weight excluding hydrogens is 198 g/mol. The van der Waals surface area contributed by atoms with Crippen molar-refractivity contribution < 1.29 is 13.6 Å². The Morgan fingerprint density at radius 1 is 1.40 bits per heavy atom. The molecule has 1 nitrogen and oxygen atoms in total. The fourth-order valence-corrected chi connectivity index (χ4v) is 3.26. The molecule has 2 fully saturated rings. The van der Waals surface area contributed by atoms with E-state index < -0.39 is 5.92 Å². The number of hydrogen-bond donors (Lipinski definition) is 0. The molecule has 0 spiro atoms. The molecular formula is C12H18F2O. The van der Waals surface area contributed by atoms with Gasteiger partial charge in [0.15, 0.2) is 0 Å². The number of hydrogen-bond acceptors (Lipinski definition) is 1. The largest absolute Gasteiger partial charge is 0.303 e. The van der Waals surface area contributed by atoms with Crippen molar-refractivity contribution in [1.82, 2.24) is 0 Å². The summed E-state index contributed by atoms with van der Waals surface area (Å²) in [6.45, 7) is 2.08. The first-order valence-corrected chi connectivity index (χ1v) is 5.82. The molecule has 2 rings (SSSR count). The maximum absolute atomic E-state index is 12.7. The Balaban J connectivity index is 1.95. The van der Waals surface area contributed by atoms with Crippen molar-refractivity contribution in [2.45, 2.75) is 51.4 Å². The molecule has 2 aliphatic rings. The van der Waals surface area contributed by atoms with E-state index in [2.05, 4.69) is 6.92 Å². The van der Waals surface area contributed by atoms with Crippen LogP contribution >= 0.6 is 0 Å². The normalized spacial score (nSPS) is 40.1. The van der Waals surface area contributed by atoms with Crippen LogP contribution in [0.2, 0.25) is 0 Å². The quantitative estimate of drug-likeness (QED) is 0.660. The third-order valence-corrected chi connectivity index (χ3v) is 4.34. The zero-order valence-electron chi connectivity index (χ0n) is 9.14. The van der Waals surface area contributed by atoms with E-state index in [1.165, 1.54) is 0 Å². The van der Waals surface area contributed by atoms with Crippen LogP contribution in [0.1, 0.15) is 45.4 Å². The van der Waals surface area contributed by atoms with Gasteiger partial charge in [0, 0.05) is 18.3 Å². The molecule has 0 saturated heterocycles. The van der Waals surface area contributed by atoms with Gasteiger partial charge >= 0.3 is 0 Å². The Kier molecular flexibility index (Phi) is 2.60. The zero-order valence-corrected chi connectivity index (χ0v) is 9.14. The summed E-state index contributed by atoms with van der Waals surface area (Å²) in [5.41, 5.74) is -0.277. The first kappa shape index (κ1) is 11.0. The molecule has 3 heteroatoms. The Morgan fingerprint density at radius 3 is 2.47 bits per heavy atom. The lowest BCUT2D eigenvalue weighted by Crippen LogP contribution is -2.40. The lowest BCUT2D eigenvalue weighted by atomic mass is 9.67. The van der Waals surface area contributed by atoms with Crippen LogP contribution in [0.5, 0.6) is 0 Å². The highest BCUT2D eigenvalue weighted by atomic mass is 19.3. The van der Waals surface area contributed by atoms with Crippen molar-refractivity contribution in [1.29, 1.82) is 0 Å². The van der Waals surface area contributed by atoms with Gasteiger partial charge in [0.1, 0.15) is 6.29 Å². The predicted octanol–water partition coefficient (Wildman–Crippen LogP) is 3.43. The zero-order chi connectivity index (χ0) is 11.1. The van der Waals surface area contributed by atoms with E-state index in [-0.39, 0.29) is 24.2 Å². The van der Waals surface area contributed by atoms with Gasteiger partial charge in [-0.3, -0.25) is 0 Å². The highest BCUT2D eigenvalue weighted by Crippen LogP contribution is 2.52. The van der Waals surface area contributed by atoms with Crippen LogP contribution in [0.4, 0.5) is 8.78 Å². The molecule has 0 amide bonds. The van der Waals surface area contributed by atoms with Crippen molar-refractivity contribution in [3.8, 4) is 0 Å². The molecule has 2 unspecified atom stereocenters. The molecule has 2 saturated carbocycles. The SMILES string of the molecule is CC1CCCC1(C=O)CC1CC(F)(F)C1. The number of carbonyl (C=O) groups is 1. The summed E-state index contributed by atoms with van der Waals surface area (Å²) in [6, 6.07) is 0. The van der Waals surface area contributed by atoms with Gasteiger partial charge in [-0.05, 0) is 31.1 Å². The second-order valence-corrected chi connectivity index (χ2v) is 5.48. The van der Waals surface area contributed by atoms with Gasteiger partial charge in [-0.25, -0.2) is 8.78 Å². The van der Waals surface area contributed by atoms with Crippen LogP contribution in [0, 0.1) is 17.3 Å². The lowest BCUT2D eigenvalue weighted by Gasteiger charge is -2.40. The highest BCUT2D eigenvalue weighted by molar-refractivity contribution is 5.60. The molecule has 0 radical (unpaired) electrons. The van der Waals surface area contributed by atoms with Crippen LogP contribution in [0.25, 0.3) is 0 Å². The minimum Gasteiger partial charge on any atom is -0.303 e. The summed E-state index contributed by atoms with van der Waals surface area (Å²) in [6.07, 6.45) is 4.77. The van der Waals surface area contributed by atoms with Gasteiger partial charge in [0.25, 0.3) is 0 Å². The maximum atomic E-state index is 12.7. The number of rotatable bonds is 3. The monoisotopic (exact) mass is 216 g/mol. The first-order valence-electron chi connectivity index (χ1n) is 5.82. The molecule has 0 aromatic heterocycles. The number of carbonyl (C=O) groups excluding carboxylic acids is 1. The Bertz CT molecular complexity index is 256. The summed E-state index contributed by atoms with van der Waals surface area (Å²) in [7, 11) is 0. The second-order valence-electron chi connectivity index (χ2n) is 5.48. The standard InChI is InChI=1S/C12H18F2O/c1-9-3-2-4-11(9,8-15)5-10-6-12(13,14)7-10/h8-10H,2-7H2,1H3. The van der Waals surface area contributed by atoms with Crippen LogP contribution in [0.15, 0.2) is 0 Å². The Labute approximate surface area is 89.2 Å². The summed E-state index contributed by atoms with van der Waals surface area (Å²) >= 11 is 0. The van der Waals surface area contributed by atoms with Crippen molar-refractivity contribution in [2.75, 3.05) is 0 Å². The molecule has 0 aromatic carbocycles. The number of alkyl halides is 2. The molecule has 15 heavy (non-hydrogen) atoms. The van der Waals surface area contributed by atoms with Gasteiger partial charge < -0.3 is 4.79 Å². The third kappa shape index (κ3) is 1.93. The summed E-state index contributed by atoms with van der Waals surface area (Å²) in [5, 5.41) is 0. The Morgan fingerprint density at radius 2 is 2.07 bits per heavy atom. The molecule has 0 bridgehead atoms. The molecule has 0 aromatic rings. The van der Waals surface area contributed by atoms with E-state index in [1.807, 2.05) is 0 Å². The second kappa shape index (κ2) is 3.53. The van der Waals surface area contributed by atoms with Crippen LogP contribution in [0.3, 0.4) is 0 Å². The van der Waals surface area contributed by atoms with Gasteiger partial charge in [0.05, 0.1) is 0 Å². The van der Waals surface area contributed by atoms with Crippen molar-refractivity contribution >= 4 is 6.29 Å². The molecule has 0 aliphatic heterocycles. The fraction of sp³-hybridized carbons (Fsp3) is 0.917. The predicted molar refractivity (Wildman–Crippen MR) is 53.8 cm³/mol. The van der Waals surface area contributed by atoms with Crippen LogP contribution < -0.4 is 0 Å². The molecule has 0 N–H and O–H groups in total. The Hall–Kier alpha value is -0.470. The van der Waals surface area contributed by atoms with Gasteiger partial charge in [-0.2, -0.15) is 0 Å². The molecule has 2 atom stereocenters. The molecule has 0 heterocycles. The van der Waals surface area contributed by atoms with E-state index in [4.69, 9.17) is 0 Å². The lowest BCUT2D eigenvalue weighted by molar-refractivity contribution is -0.134. The number of halogens is 2. The van der Waals surface area contributed by atoms with E-state index in [0.717, 1.165) is 25.5 Å². The average Bonchev–Trinajstić information content (AvgIpc) is 2.45. The number of aldehydes is 1. The first-order chi connectivity index (χ1) is 6.97. The van der Waals surface area contributed by atoms with E-state index in [1.54, 1.807) is 0 Å². The average molecular weight is 216 g/mol.